The first-order valence-electron chi connectivity index (χ1n) is 5.20. The van der Waals surface area contributed by atoms with Crippen LogP contribution in [0.1, 0.15) is 18.0 Å². The Balaban J connectivity index is 2.12. The van der Waals surface area contributed by atoms with Gasteiger partial charge in [0.15, 0.2) is 0 Å². The number of benzene rings is 1. The van der Waals surface area contributed by atoms with E-state index in [1.54, 1.807) is 5.06 Å². The molecule has 3 unspecified atom stereocenters. The van der Waals surface area contributed by atoms with E-state index >= 15 is 0 Å². The molecule has 0 N–H and O–H groups in total. The van der Waals surface area contributed by atoms with Crippen molar-refractivity contribution in [1.82, 2.24) is 5.06 Å². The molecule has 4 heteroatoms. The lowest BCUT2D eigenvalue weighted by Crippen LogP contribution is -2.21. The number of nitrogens with zero attached hydrogens (tertiary/aromatic N) is 2. The Morgan fingerprint density at radius 3 is 2.81 bits per heavy atom. The predicted molar refractivity (Wildman–Crippen MR) is 61.7 cm³/mol. The highest BCUT2D eigenvalue weighted by Crippen LogP contribution is 2.34. The third kappa shape index (κ3) is 2.19. The lowest BCUT2D eigenvalue weighted by molar-refractivity contribution is -0.141. The van der Waals surface area contributed by atoms with Gasteiger partial charge in [0.2, 0.25) is 0 Å². The Labute approximate surface area is 100 Å². The minimum Gasteiger partial charge on any atom is -0.293 e. The molecule has 2 rings (SSSR count). The van der Waals surface area contributed by atoms with E-state index in [9.17, 15) is 0 Å². The van der Waals surface area contributed by atoms with E-state index in [0.29, 0.717) is 0 Å². The first kappa shape index (κ1) is 11.4. The molecule has 1 fully saturated rings. The van der Waals surface area contributed by atoms with E-state index in [1.165, 1.54) is 5.56 Å². The van der Waals surface area contributed by atoms with Crippen LogP contribution in [0.4, 0.5) is 0 Å². The Hall–Kier alpha value is -1.08. The van der Waals surface area contributed by atoms with Gasteiger partial charge in [0.05, 0.1) is 12.1 Å². The van der Waals surface area contributed by atoms with Gasteiger partial charge in [-0.05, 0) is 5.56 Å². The molecule has 0 bridgehead atoms. The van der Waals surface area contributed by atoms with Crippen molar-refractivity contribution in [3.8, 4) is 6.07 Å². The van der Waals surface area contributed by atoms with Gasteiger partial charge in [-0.15, -0.1) is 11.6 Å². The van der Waals surface area contributed by atoms with E-state index in [2.05, 4.69) is 12.1 Å². The number of nitriles is 1. The van der Waals surface area contributed by atoms with E-state index in [0.717, 1.165) is 6.42 Å². The van der Waals surface area contributed by atoms with Crippen LogP contribution in [0.3, 0.4) is 0 Å². The van der Waals surface area contributed by atoms with Crippen molar-refractivity contribution in [2.75, 3.05) is 7.05 Å². The summed E-state index contributed by atoms with van der Waals surface area (Å²) in [5.41, 5.74) is 1.19. The fourth-order valence-electron chi connectivity index (χ4n) is 1.98. The highest BCUT2D eigenvalue weighted by atomic mass is 35.5. The molecule has 0 radical (unpaired) electrons. The van der Waals surface area contributed by atoms with Crippen LogP contribution in [0.2, 0.25) is 0 Å². The van der Waals surface area contributed by atoms with Gasteiger partial charge in [-0.1, -0.05) is 30.3 Å². The van der Waals surface area contributed by atoms with Crippen LogP contribution in [0.5, 0.6) is 0 Å². The van der Waals surface area contributed by atoms with Gasteiger partial charge >= 0.3 is 0 Å². The molecule has 0 aliphatic carbocycles. The molecule has 0 saturated carbocycles. The van der Waals surface area contributed by atoms with E-state index in [4.69, 9.17) is 21.7 Å². The zero-order chi connectivity index (χ0) is 11.5. The van der Waals surface area contributed by atoms with Crippen molar-refractivity contribution in [2.45, 2.75) is 23.9 Å². The van der Waals surface area contributed by atoms with Gasteiger partial charge < -0.3 is 0 Å². The average molecular weight is 237 g/mol. The topological polar surface area (TPSA) is 36.3 Å². The summed E-state index contributed by atoms with van der Waals surface area (Å²) in [6.07, 6.45) is 0.532. The molecule has 1 saturated heterocycles. The second-order valence-corrected chi connectivity index (χ2v) is 4.35. The number of halogens is 1. The molecule has 1 aliphatic rings. The van der Waals surface area contributed by atoms with Crippen LogP contribution >= 0.6 is 11.6 Å². The summed E-state index contributed by atoms with van der Waals surface area (Å²) in [6, 6.07) is 12.3. The molecular weight excluding hydrogens is 224 g/mol. The molecule has 84 valence electrons. The van der Waals surface area contributed by atoms with Crippen molar-refractivity contribution in [1.29, 1.82) is 5.26 Å². The summed E-state index contributed by atoms with van der Waals surface area (Å²) >= 11 is 5.88. The second-order valence-electron chi connectivity index (χ2n) is 3.88. The van der Waals surface area contributed by atoms with Crippen LogP contribution in [-0.2, 0) is 4.84 Å². The molecule has 1 aromatic rings. The molecular formula is C12H13ClN2O. The minimum absolute atomic E-state index is 0.181. The number of hydrogen-bond donors (Lipinski definition) is 0. The number of hydrogen-bond acceptors (Lipinski definition) is 3. The van der Waals surface area contributed by atoms with Crippen LogP contribution in [-0.4, -0.2) is 23.6 Å². The average Bonchev–Trinajstić information content (AvgIpc) is 2.71. The van der Waals surface area contributed by atoms with Crippen molar-refractivity contribution in [2.24, 2.45) is 0 Å². The van der Waals surface area contributed by atoms with Crippen LogP contribution in [0, 0.1) is 11.3 Å². The second kappa shape index (κ2) is 4.84. The maximum atomic E-state index is 8.76. The van der Waals surface area contributed by atoms with Crippen LogP contribution < -0.4 is 0 Å². The predicted octanol–water partition coefficient (Wildman–Crippen LogP) is 2.49. The van der Waals surface area contributed by atoms with Gasteiger partial charge in [0, 0.05) is 13.5 Å². The lowest BCUT2D eigenvalue weighted by atomic mass is 10.0. The van der Waals surface area contributed by atoms with E-state index in [-0.39, 0.29) is 12.1 Å². The molecule has 3 atom stereocenters. The van der Waals surface area contributed by atoms with Crippen LogP contribution in [0.25, 0.3) is 0 Å². The summed E-state index contributed by atoms with van der Waals surface area (Å²) in [5.74, 6) is 0. The molecule has 1 aliphatic heterocycles. The third-order valence-corrected chi connectivity index (χ3v) is 3.21. The Bertz CT molecular complexity index is 390. The van der Waals surface area contributed by atoms with Gasteiger partial charge in [-0.3, -0.25) is 4.84 Å². The molecule has 0 amide bonds. The summed E-state index contributed by atoms with van der Waals surface area (Å²) < 4.78 is 0. The number of hydroxylamine groups is 2. The summed E-state index contributed by atoms with van der Waals surface area (Å²) in [6.45, 7) is 0. The largest absolute Gasteiger partial charge is 0.293 e. The zero-order valence-corrected chi connectivity index (χ0v) is 9.76. The maximum Gasteiger partial charge on any atom is 0.148 e. The fourth-order valence-corrected chi connectivity index (χ4v) is 2.12. The highest BCUT2D eigenvalue weighted by molar-refractivity contribution is 6.22. The Morgan fingerprint density at radius 2 is 2.19 bits per heavy atom. The summed E-state index contributed by atoms with van der Waals surface area (Å²) in [4.78, 5) is 5.56. The standard InChI is InChI=1S/C12H13ClN2O/c1-15-11(9-5-3-2-4-6-9)7-12(16-15)10(13)8-14/h2-6,10-12H,7H2,1H3. The first-order valence-corrected chi connectivity index (χ1v) is 5.64. The molecule has 1 heterocycles. The normalized spacial score (nSPS) is 27.6. The summed E-state index contributed by atoms with van der Waals surface area (Å²) in [5, 5.41) is 9.96. The SMILES string of the molecule is CN1OC(C(Cl)C#N)CC1c1ccccc1. The molecule has 0 spiro atoms. The van der Waals surface area contributed by atoms with Crippen molar-refractivity contribution in [3.63, 3.8) is 0 Å². The molecule has 0 aromatic heterocycles. The van der Waals surface area contributed by atoms with E-state index < -0.39 is 5.38 Å². The minimum atomic E-state index is -0.587. The molecule has 3 nitrogen and oxygen atoms in total. The van der Waals surface area contributed by atoms with Crippen molar-refractivity contribution in [3.05, 3.63) is 35.9 Å². The van der Waals surface area contributed by atoms with Gasteiger partial charge in [-0.25, -0.2) is 0 Å². The van der Waals surface area contributed by atoms with Crippen molar-refractivity contribution >= 4 is 11.6 Å². The third-order valence-electron chi connectivity index (χ3n) is 2.83. The quantitative estimate of drug-likeness (QED) is 0.741. The smallest absolute Gasteiger partial charge is 0.148 e. The molecule has 1 aromatic carbocycles. The zero-order valence-electron chi connectivity index (χ0n) is 9.01. The van der Waals surface area contributed by atoms with E-state index in [1.807, 2.05) is 31.3 Å². The van der Waals surface area contributed by atoms with Crippen LogP contribution in [0.15, 0.2) is 30.3 Å². The van der Waals surface area contributed by atoms with Gasteiger partial charge in [0.25, 0.3) is 0 Å². The lowest BCUT2D eigenvalue weighted by Gasteiger charge is -2.17. The molecule has 16 heavy (non-hydrogen) atoms. The van der Waals surface area contributed by atoms with Gasteiger partial charge in [-0.2, -0.15) is 10.3 Å². The Morgan fingerprint density at radius 1 is 1.50 bits per heavy atom. The maximum absolute atomic E-state index is 8.76. The number of alkyl halides is 1. The first-order chi connectivity index (χ1) is 7.72. The highest BCUT2D eigenvalue weighted by Gasteiger charge is 2.36. The Kier molecular flexibility index (Phi) is 3.45. The van der Waals surface area contributed by atoms with Crippen molar-refractivity contribution < 1.29 is 4.84 Å². The fraction of sp³-hybridized carbons (Fsp3) is 0.417. The summed E-state index contributed by atoms with van der Waals surface area (Å²) in [7, 11) is 1.87. The van der Waals surface area contributed by atoms with Gasteiger partial charge in [0.1, 0.15) is 11.5 Å². The number of rotatable bonds is 2. The monoisotopic (exact) mass is 236 g/mol.